The van der Waals surface area contributed by atoms with Crippen LogP contribution in [0, 0.1) is 0 Å². The number of hydrogen-bond donors (Lipinski definition) is 2. The molecule has 116 valence electrons. The Labute approximate surface area is 126 Å². The summed E-state index contributed by atoms with van der Waals surface area (Å²) in [5.41, 5.74) is 7.42. The zero-order valence-electron chi connectivity index (χ0n) is 13.1. The molecule has 1 aliphatic carbocycles. The predicted octanol–water partition coefficient (Wildman–Crippen LogP) is 3.21. The average molecular weight is 291 g/mol. The molecule has 5 heteroatoms. The molecule has 0 aliphatic heterocycles. The van der Waals surface area contributed by atoms with E-state index in [0.29, 0.717) is 5.92 Å². The number of nitrogens with one attached hydrogen (secondary N) is 1. The lowest BCUT2D eigenvalue weighted by Gasteiger charge is -2.31. The molecule has 2 rings (SSSR count). The molecule has 1 heterocycles. The minimum atomic E-state index is -0.465. The predicted molar refractivity (Wildman–Crippen MR) is 83.0 cm³/mol. The highest BCUT2D eigenvalue weighted by Crippen LogP contribution is 2.35. The first-order chi connectivity index (χ1) is 9.85. The second kappa shape index (κ2) is 6.33. The molecule has 2 atom stereocenters. The van der Waals surface area contributed by atoms with Crippen molar-refractivity contribution < 1.29 is 9.53 Å². The molecular formula is C16H25N3O2. The Balaban J connectivity index is 1.95. The van der Waals surface area contributed by atoms with Crippen molar-refractivity contribution in [1.29, 1.82) is 0 Å². The second-order valence-electron chi connectivity index (χ2n) is 6.71. The molecule has 1 amide bonds. The number of carbonyl (C=O) groups excluding carboxylic acids is 1. The quantitative estimate of drug-likeness (QED) is 0.877. The number of ether oxygens (including phenoxy) is 1. The van der Waals surface area contributed by atoms with Gasteiger partial charge in [0.2, 0.25) is 0 Å². The van der Waals surface area contributed by atoms with E-state index in [0.717, 1.165) is 36.9 Å². The minimum absolute atomic E-state index is 0.145. The van der Waals surface area contributed by atoms with Gasteiger partial charge in [0, 0.05) is 12.2 Å². The summed E-state index contributed by atoms with van der Waals surface area (Å²) in [7, 11) is 0. The molecule has 0 bridgehead atoms. The molecule has 1 saturated carbocycles. The van der Waals surface area contributed by atoms with E-state index >= 15 is 0 Å². The van der Waals surface area contributed by atoms with E-state index < -0.39 is 5.60 Å². The van der Waals surface area contributed by atoms with Gasteiger partial charge >= 0.3 is 6.09 Å². The van der Waals surface area contributed by atoms with Gasteiger partial charge in [0.15, 0.2) is 0 Å². The van der Waals surface area contributed by atoms with E-state index in [4.69, 9.17) is 10.5 Å². The Morgan fingerprint density at radius 3 is 2.86 bits per heavy atom. The Morgan fingerprint density at radius 1 is 1.43 bits per heavy atom. The van der Waals surface area contributed by atoms with Crippen LogP contribution in [0.3, 0.4) is 0 Å². The molecule has 0 radical (unpaired) electrons. The number of nitrogen functional groups attached to an aromatic ring is 1. The molecule has 1 aromatic heterocycles. The Morgan fingerprint density at radius 2 is 2.19 bits per heavy atom. The van der Waals surface area contributed by atoms with Gasteiger partial charge in [-0.25, -0.2) is 4.79 Å². The van der Waals surface area contributed by atoms with Crippen molar-refractivity contribution in [3.8, 4) is 0 Å². The monoisotopic (exact) mass is 291 g/mol. The molecule has 0 aromatic carbocycles. The van der Waals surface area contributed by atoms with E-state index in [1.807, 2.05) is 26.8 Å². The average Bonchev–Trinajstić information content (AvgIpc) is 2.37. The van der Waals surface area contributed by atoms with Crippen molar-refractivity contribution in [2.75, 3.05) is 5.73 Å². The summed E-state index contributed by atoms with van der Waals surface area (Å²) in [6.07, 6.45) is 7.19. The summed E-state index contributed by atoms with van der Waals surface area (Å²) in [6.45, 7) is 5.61. The summed E-state index contributed by atoms with van der Waals surface area (Å²) in [5, 5.41) is 2.98. The third-order valence-electron chi connectivity index (χ3n) is 3.72. The number of hydrogen-bond acceptors (Lipinski definition) is 4. The van der Waals surface area contributed by atoms with Crippen LogP contribution in [-0.2, 0) is 4.74 Å². The highest BCUT2D eigenvalue weighted by molar-refractivity contribution is 5.68. The van der Waals surface area contributed by atoms with E-state index in [1.165, 1.54) is 0 Å². The molecule has 1 aliphatic rings. The zero-order chi connectivity index (χ0) is 15.5. The van der Waals surface area contributed by atoms with Crippen molar-refractivity contribution in [2.24, 2.45) is 0 Å². The molecular weight excluding hydrogens is 266 g/mol. The van der Waals surface area contributed by atoms with E-state index in [9.17, 15) is 4.79 Å². The number of amides is 1. The van der Waals surface area contributed by atoms with Gasteiger partial charge in [0.1, 0.15) is 5.60 Å². The number of carbonyl (C=O) groups is 1. The van der Waals surface area contributed by atoms with Crippen molar-refractivity contribution in [1.82, 2.24) is 10.3 Å². The highest BCUT2D eigenvalue weighted by Gasteiger charge is 2.27. The lowest BCUT2D eigenvalue weighted by atomic mass is 9.81. The molecule has 0 spiro atoms. The number of rotatable bonds is 2. The van der Waals surface area contributed by atoms with Crippen LogP contribution in [0.5, 0.6) is 0 Å². The van der Waals surface area contributed by atoms with Crippen molar-refractivity contribution in [3.63, 3.8) is 0 Å². The van der Waals surface area contributed by atoms with Crippen LogP contribution in [-0.4, -0.2) is 22.7 Å². The first kappa shape index (κ1) is 15.6. The van der Waals surface area contributed by atoms with Crippen LogP contribution in [0.15, 0.2) is 18.5 Å². The maximum Gasteiger partial charge on any atom is 0.407 e. The first-order valence-corrected chi connectivity index (χ1v) is 7.54. The normalized spacial score (nSPS) is 22.6. The molecule has 0 saturated heterocycles. The van der Waals surface area contributed by atoms with E-state index in [2.05, 4.69) is 10.3 Å². The van der Waals surface area contributed by atoms with E-state index in [-0.39, 0.29) is 12.1 Å². The van der Waals surface area contributed by atoms with Crippen LogP contribution in [0.4, 0.5) is 10.5 Å². The fourth-order valence-corrected chi connectivity index (χ4v) is 2.87. The molecule has 21 heavy (non-hydrogen) atoms. The Kier molecular flexibility index (Phi) is 4.70. The van der Waals surface area contributed by atoms with Crippen LogP contribution < -0.4 is 11.1 Å². The van der Waals surface area contributed by atoms with Gasteiger partial charge in [-0.1, -0.05) is 6.42 Å². The van der Waals surface area contributed by atoms with Gasteiger partial charge in [-0.2, -0.15) is 0 Å². The van der Waals surface area contributed by atoms with Gasteiger partial charge in [-0.3, -0.25) is 4.98 Å². The van der Waals surface area contributed by atoms with Gasteiger partial charge in [0.25, 0.3) is 0 Å². The summed E-state index contributed by atoms with van der Waals surface area (Å²) in [4.78, 5) is 15.9. The van der Waals surface area contributed by atoms with Crippen LogP contribution in [0.25, 0.3) is 0 Å². The number of nitrogens with zero attached hydrogens (tertiary/aromatic N) is 1. The minimum Gasteiger partial charge on any atom is -0.444 e. The highest BCUT2D eigenvalue weighted by atomic mass is 16.6. The Bertz CT molecular complexity index is 497. The van der Waals surface area contributed by atoms with Crippen molar-refractivity contribution in [3.05, 3.63) is 24.0 Å². The number of aromatic nitrogens is 1. The largest absolute Gasteiger partial charge is 0.444 e. The summed E-state index contributed by atoms with van der Waals surface area (Å²) < 4.78 is 5.32. The smallest absolute Gasteiger partial charge is 0.407 e. The van der Waals surface area contributed by atoms with Crippen molar-refractivity contribution in [2.45, 2.75) is 64.0 Å². The number of pyridine rings is 1. The molecule has 5 nitrogen and oxygen atoms in total. The van der Waals surface area contributed by atoms with Crippen LogP contribution in [0.1, 0.15) is 57.9 Å². The third kappa shape index (κ3) is 4.62. The number of nitrogens with two attached hydrogens (primary N) is 1. The maximum atomic E-state index is 11.9. The number of alkyl carbamates (subject to hydrolysis) is 1. The molecule has 1 aromatic rings. The molecule has 0 unspecified atom stereocenters. The lowest BCUT2D eigenvalue weighted by Crippen LogP contribution is -2.41. The van der Waals surface area contributed by atoms with Gasteiger partial charge in [-0.15, -0.1) is 0 Å². The summed E-state index contributed by atoms with van der Waals surface area (Å²) >= 11 is 0. The Hall–Kier alpha value is -1.78. The van der Waals surface area contributed by atoms with E-state index in [1.54, 1.807) is 12.4 Å². The fraction of sp³-hybridized carbons (Fsp3) is 0.625. The topological polar surface area (TPSA) is 77.2 Å². The second-order valence-corrected chi connectivity index (χ2v) is 6.71. The fourth-order valence-electron chi connectivity index (χ4n) is 2.87. The first-order valence-electron chi connectivity index (χ1n) is 7.54. The standard InChI is InChI=1S/C16H25N3O2/c1-16(2,3)21-15(20)19-12-6-4-5-11(9-12)13-7-8-18-10-14(13)17/h7-8,10-12H,4-6,9,17H2,1-3H3,(H,19,20)/t11-,12+/m1/s1. The molecule has 1 fully saturated rings. The van der Waals surface area contributed by atoms with Gasteiger partial charge < -0.3 is 15.8 Å². The van der Waals surface area contributed by atoms with Gasteiger partial charge in [-0.05, 0) is 57.6 Å². The maximum absolute atomic E-state index is 11.9. The molecule has 3 N–H and O–H groups in total. The zero-order valence-corrected chi connectivity index (χ0v) is 13.1. The van der Waals surface area contributed by atoms with Crippen LogP contribution in [0.2, 0.25) is 0 Å². The summed E-state index contributed by atoms with van der Waals surface area (Å²) in [5.74, 6) is 0.377. The van der Waals surface area contributed by atoms with Gasteiger partial charge in [0.05, 0.1) is 11.9 Å². The van der Waals surface area contributed by atoms with Crippen LogP contribution >= 0.6 is 0 Å². The summed E-state index contributed by atoms with van der Waals surface area (Å²) in [6, 6.07) is 2.13. The lowest BCUT2D eigenvalue weighted by molar-refractivity contribution is 0.0490. The number of anilines is 1. The van der Waals surface area contributed by atoms with Crippen molar-refractivity contribution >= 4 is 11.8 Å². The third-order valence-corrected chi connectivity index (χ3v) is 3.72. The SMILES string of the molecule is CC(C)(C)OC(=O)N[C@H]1CCC[C@@H](c2ccncc2N)C1.